The molecule has 5 aromatic rings. The maximum atomic E-state index is 12.9. The van der Waals surface area contributed by atoms with Gasteiger partial charge < -0.3 is 28.8 Å². The first-order chi connectivity index (χ1) is 18.9. The van der Waals surface area contributed by atoms with Crippen molar-refractivity contribution in [3.8, 4) is 45.3 Å². The first-order valence-electron chi connectivity index (χ1n) is 11.6. The fourth-order valence-corrected chi connectivity index (χ4v) is 6.15. The second-order valence-electron chi connectivity index (χ2n) is 8.22. The lowest BCUT2D eigenvalue weighted by atomic mass is 10.0. The number of fused-ring (bicyclic) bond motifs is 1. The van der Waals surface area contributed by atoms with Crippen LogP contribution >= 0.6 is 32.9 Å². The van der Waals surface area contributed by atoms with Gasteiger partial charge in [0, 0.05) is 23.1 Å². The predicted molar refractivity (Wildman–Crippen MR) is 152 cm³/mol. The topological polar surface area (TPSA) is 115 Å². The molecule has 2 heterocycles. The van der Waals surface area contributed by atoms with Gasteiger partial charge >= 0.3 is 5.97 Å². The molecule has 0 bridgehead atoms. The van der Waals surface area contributed by atoms with Crippen LogP contribution in [0.15, 0.2) is 81.5 Å². The van der Waals surface area contributed by atoms with Gasteiger partial charge in [-0.3, -0.25) is 4.79 Å². The molecule has 0 amide bonds. The van der Waals surface area contributed by atoms with E-state index in [1.807, 2.05) is 29.6 Å². The molecule has 0 saturated heterocycles. The van der Waals surface area contributed by atoms with Crippen LogP contribution in [0.1, 0.15) is 0 Å². The Kier molecular flexibility index (Phi) is 7.92. The van der Waals surface area contributed by atoms with E-state index in [9.17, 15) is 19.8 Å². The summed E-state index contributed by atoms with van der Waals surface area (Å²) in [6.45, 7) is -0.242. The molecule has 2 aromatic heterocycles. The van der Waals surface area contributed by atoms with Gasteiger partial charge in [-0.05, 0) is 35.4 Å². The number of carbonyl (C=O) groups excluding carboxylic acids is 1. The minimum atomic E-state index is -0.630. The van der Waals surface area contributed by atoms with Crippen LogP contribution in [0.2, 0.25) is 0 Å². The lowest BCUT2D eigenvalue weighted by molar-refractivity contribution is -0.146. The first kappa shape index (κ1) is 26.4. The Balaban J connectivity index is 1.13. The molecule has 0 radical (unpaired) electrons. The van der Waals surface area contributed by atoms with Crippen molar-refractivity contribution in [2.75, 3.05) is 19.8 Å². The van der Waals surface area contributed by atoms with Crippen molar-refractivity contribution in [1.29, 1.82) is 0 Å². The van der Waals surface area contributed by atoms with Crippen LogP contribution < -0.4 is 14.9 Å². The Morgan fingerprint density at radius 2 is 1.62 bits per heavy atom. The summed E-state index contributed by atoms with van der Waals surface area (Å²) >= 11 is 5.32. The largest absolute Gasteiger partial charge is 0.508 e. The predicted octanol–water partition coefficient (Wildman–Crippen LogP) is 6.39. The Hall–Kier alpha value is -4.19. The number of esters is 1. The number of ether oxygens (including phenoxy) is 3. The van der Waals surface area contributed by atoms with Crippen molar-refractivity contribution < 1.29 is 33.6 Å². The summed E-state index contributed by atoms with van der Waals surface area (Å²) in [4.78, 5) is 25.0. The molecule has 39 heavy (non-hydrogen) atoms. The van der Waals surface area contributed by atoms with Gasteiger partial charge in [-0.25, -0.2) is 4.79 Å². The van der Waals surface area contributed by atoms with E-state index in [4.69, 9.17) is 30.8 Å². The van der Waals surface area contributed by atoms with E-state index in [1.165, 1.54) is 30.5 Å². The van der Waals surface area contributed by atoms with Crippen molar-refractivity contribution in [2.45, 2.75) is 0 Å². The SMILES string of the molecule is O=C(COc1cc(O)c2c(=O)c(-c3ccc(O)cc3)coc2c1)OCCOc1ccc(-c2cssc2=S)cc1. The van der Waals surface area contributed by atoms with Gasteiger partial charge in [0.1, 0.15) is 57.3 Å². The monoisotopic (exact) mass is 580 g/mol. The molecular weight excluding hydrogens is 561 g/mol. The van der Waals surface area contributed by atoms with Crippen LogP contribution in [-0.4, -0.2) is 36.0 Å². The molecule has 2 N–H and O–H groups in total. The summed E-state index contributed by atoms with van der Waals surface area (Å²) in [7, 11) is 3.16. The van der Waals surface area contributed by atoms with E-state index >= 15 is 0 Å². The smallest absolute Gasteiger partial charge is 0.344 e. The highest BCUT2D eigenvalue weighted by molar-refractivity contribution is 7.79. The average Bonchev–Trinajstić information content (AvgIpc) is 3.36. The third-order valence-corrected chi connectivity index (χ3v) is 8.32. The molecule has 0 aliphatic heterocycles. The van der Waals surface area contributed by atoms with Gasteiger partial charge in [-0.2, -0.15) is 0 Å². The zero-order valence-electron chi connectivity index (χ0n) is 20.1. The number of aromatic hydroxyl groups is 2. The molecule has 8 nitrogen and oxygen atoms in total. The van der Waals surface area contributed by atoms with Gasteiger partial charge in [0.15, 0.2) is 6.61 Å². The molecule has 198 valence electrons. The highest BCUT2D eigenvalue weighted by atomic mass is 32.9. The molecule has 0 saturated carbocycles. The zero-order chi connectivity index (χ0) is 27.4. The number of hydrogen-bond donors (Lipinski definition) is 2. The highest BCUT2D eigenvalue weighted by Crippen LogP contribution is 2.31. The van der Waals surface area contributed by atoms with Crippen LogP contribution in [0.4, 0.5) is 0 Å². The molecule has 0 aliphatic carbocycles. The molecule has 0 aliphatic rings. The lowest BCUT2D eigenvalue weighted by Gasteiger charge is -2.10. The number of phenolic OH excluding ortho intramolecular Hbond substituents is 2. The number of carbonyl (C=O) groups is 1. The third kappa shape index (κ3) is 6.11. The average molecular weight is 581 g/mol. The Labute approximate surface area is 234 Å². The molecular formula is C28H20O8S3. The number of phenols is 2. The number of benzene rings is 3. The standard InChI is InChI=1S/C28H20O8S3/c29-18-5-1-16(2-6-18)21-13-36-24-12-20(11-23(30)26(24)27(21)32)35-14-25(31)34-10-9-33-19-7-3-17(4-8-19)22-15-38-39-28(22)37/h1-8,11-13,15,29-30H,9-10,14H2. The molecule has 0 spiro atoms. The van der Waals surface area contributed by atoms with Crippen molar-refractivity contribution in [3.63, 3.8) is 0 Å². The fraction of sp³-hybridized carbons (Fsp3) is 0.107. The van der Waals surface area contributed by atoms with Crippen LogP contribution in [0, 0.1) is 3.82 Å². The van der Waals surface area contributed by atoms with Gasteiger partial charge in [0.25, 0.3) is 0 Å². The number of rotatable bonds is 9. The van der Waals surface area contributed by atoms with Crippen LogP contribution in [0.5, 0.6) is 23.0 Å². The van der Waals surface area contributed by atoms with E-state index in [0.29, 0.717) is 11.3 Å². The zero-order valence-corrected chi connectivity index (χ0v) is 22.6. The minimum absolute atomic E-state index is 0.0182. The molecule has 0 fully saturated rings. The molecule has 0 atom stereocenters. The first-order valence-corrected chi connectivity index (χ1v) is 14.2. The van der Waals surface area contributed by atoms with Gasteiger partial charge in [0.05, 0.1) is 5.56 Å². The Bertz CT molecular complexity index is 1730. The van der Waals surface area contributed by atoms with E-state index in [2.05, 4.69) is 0 Å². The maximum absolute atomic E-state index is 12.9. The number of hydrogen-bond acceptors (Lipinski definition) is 11. The van der Waals surface area contributed by atoms with E-state index in [-0.39, 0.29) is 47.0 Å². The minimum Gasteiger partial charge on any atom is -0.508 e. The third-order valence-electron chi connectivity index (χ3n) is 5.66. The summed E-state index contributed by atoms with van der Waals surface area (Å²) < 4.78 is 22.6. The summed E-state index contributed by atoms with van der Waals surface area (Å²) in [6, 6.07) is 16.2. The molecule has 5 rings (SSSR count). The quantitative estimate of drug-likeness (QED) is 0.0885. The molecule has 0 unspecified atom stereocenters. The van der Waals surface area contributed by atoms with E-state index < -0.39 is 18.0 Å². The summed E-state index contributed by atoms with van der Waals surface area (Å²) in [5.41, 5.74) is 2.44. The van der Waals surface area contributed by atoms with Crippen LogP contribution in [0.3, 0.4) is 0 Å². The lowest BCUT2D eigenvalue weighted by Crippen LogP contribution is -2.18. The second kappa shape index (κ2) is 11.7. The van der Waals surface area contributed by atoms with Gasteiger partial charge in [0.2, 0.25) is 5.43 Å². The fourth-order valence-electron chi connectivity index (χ4n) is 3.76. The summed E-state index contributed by atoms with van der Waals surface area (Å²) in [5.74, 6) is -0.158. The Morgan fingerprint density at radius 3 is 2.33 bits per heavy atom. The van der Waals surface area contributed by atoms with E-state index in [1.54, 1.807) is 32.8 Å². The van der Waals surface area contributed by atoms with Crippen molar-refractivity contribution in [3.05, 3.63) is 86.4 Å². The highest BCUT2D eigenvalue weighted by Gasteiger charge is 2.15. The molecule has 3 aromatic carbocycles. The second-order valence-corrected chi connectivity index (χ2v) is 11.0. The van der Waals surface area contributed by atoms with Gasteiger partial charge in [-0.1, -0.05) is 57.2 Å². The van der Waals surface area contributed by atoms with Gasteiger partial charge in [-0.15, -0.1) is 0 Å². The summed E-state index contributed by atoms with van der Waals surface area (Å²) in [5, 5.41) is 21.9. The van der Waals surface area contributed by atoms with Crippen molar-refractivity contribution in [2.24, 2.45) is 0 Å². The maximum Gasteiger partial charge on any atom is 0.344 e. The Morgan fingerprint density at radius 1 is 0.897 bits per heavy atom. The molecule has 11 heteroatoms. The van der Waals surface area contributed by atoms with Crippen LogP contribution in [-0.2, 0) is 9.53 Å². The summed E-state index contributed by atoms with van der Waals surface area (Å²) in [6.07, 6.45) is 1.26. The van der Waals surface area contributed by atoms with Crippen molar-refractivity contribution >= 4 is 49.8 Å². The normalized spacial score (nSPS) is 10.9. The van der Waals surface area contributed by atoms with E-state index in [0.717, 1.165) is 15.0 Å². The van der Waals surface area contributed by atoms with Crippen molar-refractivity contribution in [1.82, 2.24) is 0 Å². The van der Waals surface area contributed by atoms with Crippen LogP contribution in [0.25, 0.3) is 33.2 Å².